The van der Waals surface area contributed by atoms with E-state index in [1.165, 1.54) is 34.4 Å². The fourth-order valence-electron chi connectivity index (χ4n) is 8.26. The molecule has 62 heavy (non-hydrogen) atoms. The average Bonchev–Trinajstić information content (AvgIpc) is 3.31. The lowest BCUT2D eigenvalue weighted by molar-refractivity contribution is -0.384. The first-order valence-corrected chi connectivity index (χ1v) is 22.5. The first kappa shape index (κ1) is 42.1. The fourth-order valence-corrected chi connectivity index (χ4v) is 9.25. The maximum Gasteiger partial charge on any atom is 0.293 e. The van der Waals surface area contributed by atoms with Crippen molar-refractivity contribution >= 4 is 44.1 Å². The van der Waals surface area contributed by atoms with Crippen LogP contribution in [-0.4, -0.2) is 70.1 Å². The van der Waals surface area contributed by atoms with E-state index >= 15 is 0 Å². The van der Waals surface area contributed by atoms with Crippen LogP contribution in [0.2, 0.25) is 0 Å². The second kappa shape index (κ2) is 19.4. The Hall–Kier alpha value is -6.60. The van der Waals surface area contributed by atoms with Crippen LogP contribution in [0.1, 0.15) is 51.0 Å². The number of hydrogen-bond acceptors (Lipinski definition) is 9. The van der Waals surface area contributed by atoms with E-state index in [1.54, 1.807) is 12.1 Å². The zero-order chi connectivity index (χ0) is 42.9. The van der Waals surface area contributed by atoms with Gasteiger partial charge < -0.3 is 15.0 Å². The number of hydrogen-bond donors (Lipinski definition) is 2. The summed E-state index contributed by atoms with van der Waals surface area (Å²) >= 11 is 0. The van der Waals surface area contributed by atoms with Gasteiger partial charge in [-0.15, -0.1) is 0 Å². The van der Waals surface area contributed by atoms with Crippen LogP contribution in [0.25, 0.3) is 11.1 Å². The Labute approximate surface area is 362 Å². The normalized spacial score (nSPS) is 14.8. The summed E-state index contributed by atoms with van der Waals surface area (Å²) in [5, 5.41) is 15.0. The lowest BCUT2D eigenvalue weighted by atomic mass is 9.84. The molecule has 2 fully saturated rings. The van der Waals surface area contributed by atoms with Crippen LogP contribution in [0.3, 0.4) is 0 Å². The highest BCUT2D eigenvalue weighted by molar-refractivity contribution is 7.90. The molecule has 2 saturated heterocycles. The largest absolute Gasteiger partial charge is 0.381 e. The Morgan fingerprint density at radius 1 is 0.677 bits per heavy atom. The van der Waals surface area contributed by atoms with Crippen LogP contribution in [0.4, 0.5) is 17.1 Å². The predicted octanol–water partition coefficient (Wildman–Crippen LogP) is 8.88. The third-order valence-corrected chi connectivity index (χ3v) is 12.9. The van der Waals surface area contributed by atoms with Crippen molar-refractivity contribution < 1.29 is 22.9 Å². The van der Waals surface area contributed by atoms with E-state index in [1.807, 2.05) is 24.3 Å². The van der Waals surface area contributed by atoms with Crippen LogP contribution in [0.15, 0.2) is 163 Å². The van der Waals surface area contributed by atoms with Gasteiger partial charge in [0.15, 0.2) is 0 Å². The Bertz CT molecular complexity index is 2590. The van der Waals surface area contributed by atoms with Crippen LogP contribution in [0.5, 0.6) is 0 Å². The number of piperazine rings is 1. The first-order valence-electron chi connectivity index (χ1n) is 21.0. The quantitative estimate of drug-likeness (QED) is 0.0627. The molecule has 6 aromatic rings. The first-order chi connectivity index (χ1) is 30.2. The third-order valence-electron chi connectivity index (χ3n) is 11.6. The summed E-state index contributed by atoms with van der Waals surface area (Å²) in [6.45, 7) is 5.73. The van der Waals surface area contributed by atoms with E-state index in [0.717, 1.165) is 74.0 Å². The number of carbonyl (C=O) groups is 1. The van der Waals surface area contributed by atoms with Gasteiger partial charge in [0, 0.05) is 69.8 Å². The molecule has 0 spiro atoms. The molecule has 2 aliphatic rings. The minimum absolute atomic E-state index is 0.157. The van der Waals surface area contributed by atoms with Gasteiger partial charge in [0.05, 0.1) is 9.82 Å². The molecule has 12 heteroatoms. The van der Waals surface area contributed by atoms with E-state index in [-0.39, 0.29) is 21.8 Å². The van der Waals surface area contributed by atoms with Gasteiger partial charge in [0.1, 0.15) is 5.69 Å². The van der Waals surface area contributed by atoms with E-state index in [2.05, 4.69) is 123 Å². The molecule has 2 heterocycles. The predicted molar refractivity (Wildman–Crippen MR) is 244 cm³/mol. The molecule has 316 valence electrons. The number of nitrogens with one attached hydrogen (secondary N) is 2. The Morgan fingerprint density at radius 2 is 1.24 bits per heavy atom. The lowest BCUT2D eigenvalue weighted by Crippen LogP contribution is -2.46. The molecule has 0 saturated carbocycles. The van der Waals surface area contributed by atoms with Gasteiger partial charge in [0.25, 0.3) is 21.6 Å². The van der Waals surface area contributed by atoms with E-state index in [4.69, 9.17) is 4.74 Å². The molecule has 11 nitrogen and oxygen atoms in total. The Morgan fingerprint density at radius 3 is 1.84 bits per heavy atom. The highest BCUT2D eigenvalue weighted by atomic mass is 32.2. The number of sulfonamides is 1. The molecule has 0 aromatic heterocycles. The zero-order valence-electron chi connectivity index (χ0n) is 34.4. The molecule has 2 aliphatic heterocycles. The van der Waals surface area contributed by atoms with E-state index < -0.39 is 20.9 Å². The summed E-state index contributed by atoms with van der Waals surface area (Å²) in [4.78, 5) is 28.8. The average molecular weight is 848 g/mol. The van der Waals surface area contributed by atoms with Gasteiger partial charge in [-0.1, -0.05) is 115 Å². The molecule has 0 atom stereocenters. The summed E-state index contributed by atoms with van der Waals surface area (Å²) in [7, 11) is -4.40. The minimum atomic E-state index is -4.40. The number of ether oxygens (including phenoxy) is 1. The van der Waals surface area contributed by atoms with Crippen LogP contribution in [0, 0.1) is 16.0 Å². The van der Waals surface area contributed by atoms with Crippen LogP contribution in [-0.2, 0) is 21.3 Å². The van der Waals surface area contributed by atoms with Crippen LogP contribution < -0.4 is 14.9 Å². The molecule has 0 radical (unpaired) electrons. The number of amides is 1. The molecule has 8 rings (SSSR count). The number of benzene rings is 6. The third kappa shape index (κ3) is 9.95. The van der Waals surface area contributed by atoms with Crippen molar-refractivity contribution in [2.75, 3.05) is 56.2 Å². The van der Waals surface area contributed by atoms with Gasteiger partial charge in [-0.2, -0.15) is 0 Å². The monoisotopic (exact) mass is 847 g/mol. The van der Waals surface area contributed by atoms with E-state index in [9.17, 15) is 23.3 Å². The Kier molecular flexibility index (Phi) is 13.2. The van der Waals surface area contributed by atoms with Crippen molar-refractivity contribution in [3.05, 3.63) is 201 Å². The number of nitrogens with zero attached hydrogens (tertiary/aromatic N) is 3. The summed E-state index contributed by atoms with van der Waals surface area (Å²) < 4.78 is 34.0. The smallest absolute Gasteiger partial charge is 0.293 e. The maximum absolute atomic E-state index is 13.3. The molecule has 6 aromatic carbocycles. The number of carbonyl (C=O) groups excluding carboxylic acids is 1. The number of nitro groups is 1. The topological polar surface area (TPSA) is 134 Å². The standard InChI is InChI=1S/C50H49N5O6S/c56-50(52-62(59,60)44-24-25-46(47(34-44)55(57)58)51-35-37-26-32-61-33-27-37)41-20-22-43(23-21-41)54-30-28-53(29-31-54)36-42-18-10-11-19-45(42)49(40-16-8-3-9-17-40)48(38-12-4-1-5-13-38)39-14-6-2-7-15-39/h1-25,34,37,51H,26-33,35-36H2,(H,52,56). The van der Waals surface area contributed by atoms with Crippen molar-refractivity contribution in [3.63, 3.8) is 0 Å². The second-order valence-corrected chi connectivity index (χ2v) is 17.3. The van der Waals surface area contributed by atoms with Crippen LogP contribution >= 0.6 is 0 Å². The summed E-state index contributed by atoms with van der Waals surface area (Å²) in [5.74, 6) is -0.525. The molecule has 0 unspecified atom stereocenters. The second-order valence-electron chi connectivity index (χ2n) is 15.6. The molecular formula is C50H49N5O6S. The van der Waals surface area contributed by atoms with Crippen molar-refractivity contribution in [2.45, 2.75) is 24.3 Å². The van der Waals surface area contributed by atoms with Crippen molar-refractivity contribution in [3.8, 4) is 0 Å². The Balaban J connectivity index is 0.938. The highest BCUT2D eigenvalue weighted by Crippen LogP contribution is 2.38. The SMILES string of the molecule is O=C(NS(=O)(=O)c1ccc(NCC2CCOCC2)c([N+](=O)[O-])c1)c1ccc(N2CCN(Cc3ccccc3C(=C(c3ccccc3)c3ccccc3)c3ccccc3)CC2)cc1. The molecular weight excluding hydrogens is 799 g/mol. The van der Waals surface area contributed by atoms with Crippen molar-refractivity contribution in [1.29, 1.82) is 0 Å². The number of nitro benzene ring substituents is 1. The van der Waals surface area contributed by atoms with E-state index in [0.29, 0.717) is 25.7 Å². The molecule has 2 N–H and O–H groups in total. The van der Waals surface area contributed by atoms with Crippen molar-refractivity contribution in [2.24, 2.45) is 5.92 Å². The van der Waals surface area contributed by atoms with Gasteiger partial charge >= 0.3 is 0 Å². The number of anilines is 2. The minimum Gasteiger partial charge on any atom is -0.381 e. The van der Waals surface area contributed by atoms with Gasteiger partial charge in [0.2, 0.25) is 0 Å². The summed E-state index contributed by atoms with van der Waals surface area (Å²) in [5.41, 5.74) is 9.16. The van der Waals surface area contributed by atoms with Crippen molar-refractivity contribution in [1.82, 2.24) is 9.62 Å². The maximum atomic E-state index is 13.3. The lowest BCUT2D eigenvalue weighted by Gasteiger charge is -2.36. The fraction of sp³-hybridized carbons (Fsp3) is 0.220. The summed E-state index contributed by atoms with van der Waals surface area (Å²) in [6.07, 6.45) is 1.68. The molecule has 0 aliphatic carbocycles. The summed E-state index contributed by atoms with van der Waals surface area (Å²) in [6, 6.07) is 50.9. The molecule has 0 bridgehead atoms. The molecule has 1 amide bonds. The highest BCUT2D eigenvalue weighted by Gasteiger charge is 2.26. The van der Waals surface area contributed by atoms with Gasteiger partial charge in [-0.25, -0.2) is 13.1 Å². The number of rotatable bonds is 14. The van der Waals surface area contributed by atoms with Gasteiger partial charge in [-0.05, 0) is 94.1 Å². The van der Waals surface area contributed by atoms with Gasteiger partial charge in [-0.3, -0.25) is 19.8 Å². The zero-order valence-corrected chi connectivity index (χ0v) is 35.2.